The van der Waals surface area contributed by atoms with Crippen molar-refractivity contribution < 1.29 is 23.8 Å². The van der Waals surface area contributed by atoms with Gasteiger partial charge in [-0.1, -0.05) is 0 Å². The number of benzene rings is 2. The van der Waals surface area contributed by atoms with E-state index in [1.54, 1.807) is 30.0 Å². The second-order valence-electron chi connectivity index (χ2n) is 7.31. The Labute approximate surface area is 188 Å². The Hall–Kier alpha value is -2.57. The van der Waals surface area contributed by atoms with E-state index in [0.717, 1.165) is 4.90 Å². The van der Waals surface area contributed by atoms with Crippen LogP contribution in [0, 0.1) is 13.8 Å². The summed E-state index contributed by atoms with van der Waals surface area (Å²) in [6.45, 7) is 7.40. The van der Waals surface area contributed by atoms with Crippen molar-refractivity contribution in [2.45, 2.75) is 38.7 Å². The largest absolute Gasteiger partial charge is 0.496 e. The first-order chi connectivity index (χ1) is 14.7. The predicted octanol–water partition coefficient (Wildman–Crippen LogP) is 5.55. The Morgan fingerprint density at radius 1 is 1.00 bits per heavy atom. The van der Waals surface area contributed by atoms with Crippen LogP contribution in [-0.2, 0) is 4.74 Å². The molecule has 2 aromatic carbocycles. The van der Waals surface area contributed by atoms with Gasteiger partial charge in [-0.05, 0) is 70.4 Å². The smallest absolute Gasteiger partial charge is 0.189 e. The van der Waals surface area contributed by atoms with E-state index in [2.05, 4.69) is 0 Å². The maximum absolute atomic E-state index is 12.8. The second kappa shape index (κ2) is 11.2. The van der Waals surface area contributed by atoms with Crippen molar-refractivity contribution in [2.24, 2.45) is 0 Å². The molecule has 6 heteroatoms. The molecule has 0 heterocycles. The number of allylic oxidation sites excluding steroid dienone is 1. The number of methoxy groups -OCH3 is 2. The van der Waals surface area contributed by atoms with Gasteiger partial charge in [-0.25, -0.2) is 0 Å². The molecular weight excluding hydrogens is 412 g/mol. The zero-order valence-electron chi connectivity index (χ0n) is 19.2. The van der Waals surface area contributed by atoms with Gasteiger partial charge in [0.25, 0.3) is 0 Å². The van der Waals surface area contributed by atoms with Gasteiger partial charge in [-0.3, -0.25) is 9.59 Å². The summed E-state index contributed by atoms with van der Waals surface area (Å²) in [5.41, 5.74) is 3.11. The van der Waals surface area contributed by atoms with E-state index in [1.165, 1.54) is 20.3 Å². The second-order valence-corrected chi connectivity index (χ2v) is 8.19. The number of hydrogen-bond donors (Lipinski definition) is 0. The summed E-state index contributed by atoms with van der Waals surface area (Å²) < 4.78 is 16.7. The number of carbonyl (C=O) groups is 2. The van der Waals surface area contributed by atoms with Crippen LogP contribution in [0.4, 0.5) is 0 Å². The quantitative estimate of drug-likeness (QED) is 0.273. The van der Waals surface area contributed by atoms with E-state index in [4.69, 9.17) is 14.2 Å². The number of ketones is 2. The fourth-order valence-electron chi connectivity index (χ4n) is 3.44. The normalized spacial score (nSPS) is 11.2. The lowest BCUT2D eigenvalue weighted by Crippen LogP contribution is -2.17. The van der Waals surface area contributed by atoms with Crippen LogP contribution in [0.1, 0.15) is 51.3 Å². The van der Waals surface area contributed by atoms with Crippen molar-refractivity contribution in [3.05, 3.63) is 58.2 Å². The molecule has 0 aliphatic carbocycles. The summed E-state index contributed by atoms with van der Waals surface area (Å²) in [4.78, 5) is 26.6. The van der Waals surface area contributed by atoms with E-state index in [-0.39, 0.29) is 24.3 Å². The average Bonchev–Trinajstić information content (AvgIpc) is 2.76. The van der Waals surface area contributed by atoms with Gasteiger partial charge in [0, 0.05) is 27.1 Å². The number of rotatable bonds is 10. The molecule has 0 saturated carbocycles. The highest BCUT2D eigenvalue weighted by Crippen LogP contribution is 2.39. The van der Waals surface area contributed by atoms with Gasteiger partial charge < -0.3 is 14.2 Å². The molecule has 31 heavy (non-hydrogen) atoms. The highest BCUT2D eigenvalue weighted by Gasteiger charge is 2.24. The third-order valence-electron chi connectivity index (χ3n) is 4.93. The van der Waals surface area contributed by atoms with Gasteiger partial charge in [0.05, 0.1) is 25.9 Å². The van der Waals surface area contributed by atoms with Crippen molar-refractivity contribution in [2.75, 3.05) is 27.1 Å². The monoisotopic (exact) mass is 442 g/mol. The fraction of sp³-hybridized carbons (Fsp3) is 0.360. The topological polar surface area (TPSA) is 61.8 Å². The zero-order chi connectivity index (χ0) is 23.1. The molecule has 0 aliphatic heterocycles. The Kier molecular flexibility index (Phi) is 8.89. The maximum atomic E-state index is 12.8. The molecule has 0 aromatic heterocycles. The summed E-state index contributed by atoms with van der Waals surface area (Å²) in [6, 6.07) is 7.45. The number of thioether (sulfide) groups is 1. The van der Waals surface area contributed by atoms with Crippen LogP contribution >= 0.6 is 11.8 Å². The standard InChI is InChI=1S/C25H30O5S/c1-15(2)30-14-22(27)23-16(3)24(28-5)20(25(29-6)17(23)4)12-13-21(26)18-8-10-19(31-7)11-9-18/h8-13,15H,14H2,1-7H3. The number of Topliss-reactive ketones (excluding diaryl/α,β-unsaturated/α-hetero) is 1. The molecule has 0 aliphatic rings. The average molecular weight is 443 g/mol. The minimum absolute atomic E-state index is 0.0225. The van der Waals surface area contributed by atoms with Crippen molar-refractivity contribution in [3.63, 3.8) is 0 Å². The molecule has 0 bridgehead atoms. The Morgan fingerprint density at radius 3 is 2.00 bits per heavy atom. The van der Waals surface area contributed by atoms with Crippen molar-refractivity contribution in [1.82, 2.24) is 0 Å². The maximum Gasteiger partial charge on any atom is 0.189 e. The molecule has 5 nitrogen and oxygen atoms in total. The number of carbonyl (C=O) groups excluding carboxylic acids is 2. The van der Waals surface area contributed by atoms with Gasteiger partial charge in [-0.2, -0.15) is 0 Å². The van der Waals surface area contributed by atoms with Crippen LogP contribution in [-0.4, -0.2) is 44.8 Å². The summed E-state index contributed by atoms with van der Waals surface area (Å²) in [5.74, 6) is 0.729. The minimum Gasteiger partial charge on any atom is -0.496 e. The molecule has 0 atom stereocenters. The van der Waals surface area contributed by atoms with Gasteiger partial charge in [-0.15, -0.1) is 11.8 Å². The van der Waals surface area contributed by atoms with Crippen LogP contribution in [0.2, 0.25) is 0 Å². The summed E-state index contributed by atoms with van der Waals surface area (Å²) in [6.07, 6.45) is 5.12. The molecular formula is C25H30O5S. The van der Waals surface area contributed by atoms with Gasteiger partial charge in [0.15, 0.2) is 11.6 Å². The van der Waals surface area contributed by atoms with Crippen molar-refractivity contribution in [1.29, 1.82) is 0 Å². The highest BCUT2D eigenvalue weighted by molar-refractivity contribution is 7.98. The molecule has 0 radical (unpaired) electrons. The van der Waals surface area contributed by atoms with E-state index < -0.39 is 0 Å². The fourth-order valence-corrected chi connectivity index (χ4v) is 3.84. The lowest BCUT2D eigenvalue weighted by molar-refractivity contribution is 0.0583. The van der Waals surface area contributed by atoms with E-state index in [0.29, 0.717) is 39.3 Å². The molecule has 0 amide bonds. The lowest BCUT2D eigenvalue weighted by atomic mass is 9.93. The lowest BCUT2D eigenvalue weighted by Gasteiger charge is -2.20. The zero-order valence-corrected chi connectivity index (χ0v) is 20.0. The van der Waals surface area contributed by atoms with Crippen molar-refractivity contribution in [3.8, 4) is 11.5 Å². The first-order valence-corrected chi connectivity index (χ1v) is 11.2. The number of ether oxygens (including phenoxy) is 3. The third kappa shape index (κ3) is 5.77. The van der Waals surface area contributed by atoms with Crippen LogP contribution in [0.5, 0.6) is 11.5 Å². The Balaban J connectivity index is 2.48. The first kappa shape index (κ1) is 24.7. The molecule has 2 aromatic rings. The molecule has 0 unspecified atom stereocenters. The predicted molar refractivity (Wildman–Crippen MR) is 126 cm³/mol. The Morgan fingerprint density at radius 2 is 1.55 bits per heavy atom. The number of hydrogen-bond acceptors (Lipinski definition) is 6. The molecule has 0 spiro atoms. The van der Waals surface area contributed by atoms with E-state index >= 15 is 0 Å². The Bertz CT molecular complexity index is 943. The summed E-state index contributed by atoms with van der Waals surface area (Å²) in [5, 5.41) is 0. The molecule has 0 fully saturated rings. The summed E-state index contributed by atoms with van der Waals surface area (Å²) >= 11 is 1.62. The first-order valence-electron chi connectivity index (χ1n) is 10.0. The summed E-state index contributed by atoms with van der Waals surface area (Å²) in [7, 11) is 3.08. The molecule has 0 N–H and O–H groups in total. The van der Waals surface area contributed by atoms with E-state index in [9.17, 15) is 9.59 Å². The van der Waals surface area contributed by atoms with Gasteiger partial charge in [0.2, 0.25) is 0 Å². The SMILES string of the molecule is COc1c(C)c(C(=O)COC(C)C)c(C)c(OC)c1C=CC(=O)c1ccc(SC)cc1. The van der Waals surface area contributed by atoms with Crippen LogP contribution < -0.4 is 9.47 Å². The molecule has 166 valence electrons. The van der Waals surface area contributed by atoms with Gasteiger partial charge in [0.1, 0.15) is 18.1 Å². The van der Waals surface area contributed by atoms with E-state index in [1.807, 2.05) is 46.1 Å². The van der Waals surface area contributed by atoms with Crippen LogP contribution in [0.3, 0.4) is 0 Å². The van der Waals surface area contributed by atoms with Crippen LogP contribution in [0.25, 0.3) is 6.08 Å². The van der Waals surface area contributed by atoms with Crippen LogP contribution in [0.15, 0.2) is 35.2 Å². The minimum atomic E-state index is -0.138. The third-order valence-corrected chi connectivity index (χ3v) is 5.67. The van der Waals surface area contributed by atoms with Gasteiger partial charge >= 0.3 is 0 Å². The molecule has 2 rings (SSSR count). The van der Waals surface area contributed by atoms with Crippen molar-refractivity contribution >= 4 is 29.4 Å². The molecule has 0 saturated heterocycles. The highest BCUT2D eigenvalue weighted by atomic mass is 32.2.